The molecule has 0 fully saturated rings. The van der Waals surface area contributed by atoms with Crippen LogP contribution in [0.1, 0.15) is 25.0 Å². The van der Waals surface area contributed by atoms with E-state index in [2.05, 4.69) is 5.32 Å². The van der Waals surface area contributed by atoms with Crippen LogP contribution in [0.3, 0.4) is 0 Å². The molecule has 2 aromatic carbocycles. The molecule has 0 aliphatic rings. The molecule has 0 aliphatic heterocycles. The molecular weight excluding hydrogens is 410 g/mol. The Morgan fingerprint density at radius 1 is 1.17 bits per heavy atom. The number of benzene rings is 2. The lowest BCUT2D eigenvalue weighted by Gasteiger charge is -2.14. The maximum absolute atomic E-state index is 12.4. The lowest BCUT2D eigenvalue weighted by Crippen LogP contribution is -2.41. The zero-order chi connectivity index (χ0) is 21.7. The van der Waals surface area contributed by atoms with E-state index in [1.165, 1.54) is 19.1 Å². The summed E-state index contributed by atoms with van der Waals surface area (Å²) in [6, 6.07) is 12.5. The van der Waals surface area contributed by atoms with Crippen molar-refractivity contribution in [2.45, 2.75) is 32.9 Å². The second-order valence-electron chi connectivity index (χ2n) is 6.57. The molecule has 1 aromatic heterocycles. The van der Waals surface area contributed by atoms with E-state index in [1.807, 2.05) is 37.3 Å². The Kier molecular flexibility index (Phi) is 6.74. The average Bonchev–Trinajstić information content (AvgIpc) is 2.73. The first kappa shape index (κ1) is 21.4. The van der Waals surface area contributed by atoms with Gasteiger partial charge in [-0.2, -0.15) is 0 Å². The maximum Gasteiger partial charge on any atom is 0.408 e. The second kappa shape index (κ2) is 9.45. The van der Waals surface area contributed by atoms with Gasteiger partial charge in [0.2, 0.25) is 0 Å². The predicted molar refractivity (Wildman–Crippen MR) is 112 cm³/mol. The Labute approximate surface area is 177 Å². The summed E-state index contributed by atoms with van der Waals surface area (Å²) in [5.74, 6) is -0.723. The summed E-state index contributed by atoms with van der Waals surface area (Å²) in [6.45, 7) is 3.43. The van der Waals surface area contributed by atoms with Crippen LogP contribution in [0.5, 0.6) is 5.75 Å². The molecule has 8 heteroatoms. The summed E-state index contributed by atoms with van der Waals surface area (Å²) < 4.78 is 15.6. The van der Waals surface area contributed by atoms with Crippen LogP contribution in [0, 0.1) is 0 Å². The fourth-order valence-corrected chi connectivity index (χ4v) is 3.00. The fourth-order valence-electron chi connectivity index (χ4n) is 2.80. The molecule has 1 heterocycles. The minimum absolute atomic E-state index is 0.0249. The number of aryl methyl sites for hydroxylation is 1. The largest absolute Gasteiger partial charge is 0.445 e. The highest BCUT2D eigenvalue weighted by atomic mass is 35.5. The van der Waals surface area contributed by atoms with Gasteiger partial charge in [0, 0.05) is 17.5 Å². The third-order valence-corrected chi connectivity index (χ3v) is 4.67. The Morgan fingerprint density at radius 3 is 2.60 bits per heavy atom. The van der Waals surface area contributed by atoms with Crippen molar-refractivity contribution in [3.63, 3.8) is 0 Å². The van der Waals surface area contributed by atoms with Crippen molar-refractivity contribution in [3.8, 4) is 5.75 Å². The van der Waals surface area contributed by atoms with E-state index < -0.39 is 23.7 Å². The Balaban J connectivity index is 1.66. The van der Waals surface area contributed by atoms with Gasteiger partial charge < -0.3 is 19.2 Å². The number of esters is 1. The van der Waals surface area contributed by atoms with Gasteiger partial charge in [-0.3, -0.25) is 0 Å². The number of ether oxygens (including phenoxy) is 2. The van der Waals surface area contributed by atoms with Crippen molar-refractivity contribution in [2.75, 3.05) is 0 Å². The van der Waals surface area contributed by atoms with E-state index >= 15 is 0 Å². The summed E-state index contributed by atoms with van der Waals surface area (Å²) in [4.78, 5) is 36.0. The molecule has 0 spiro atoms. The van der Waals surface area contributed by atoms with E-state index in [-0.39, 0.29) is 23.0 Å². The standard InChI is InChI=1S/C22H20ClNO6/c1-3-15-9-20(25)29-18-11-19(17(23)10-16(15)18)30-21(26)13(2)24-22(27)28-12-14-7-5-4-6-8-14/h4-11,13H,3,12H2,1-2H3,(H,24,27)/t13-/m0/s1. The summed E-state index contributed by atoms with van der Waals surface area (Å²) in [5, 5.41) is 3.25. The van der Waals surface area contributed by atoms with Crippen molar-refractivity contribution < 1.29 is 23.5 Å². The highest BCUT2D eigenvalue weighted by Gasteiger charge is 2.21. The van der Waals surface area contributed by atoms with Crippen LogP contribution in [-0.4, -0.2) is 18.1 Å². The third-order valence-electron chi connectivity index (χ3n) is 4.37. The number of carbonyl (C=O) groups excluding carboxylic acids is 2. The number of fused-ring (bicyclic) bond motifs is 1. The van der Waals surface area contributed by atoms with Gasteiger partial charge in [0.05, 0.1) is 5.02 Å². The lowest BCUT2D eigenvalue weighted by atomic mass is 10.1. The number of hydrogen-bond acceptors (Lipinski definition) is 6. The normalized spacial score (nSPS) is 11.7. The molecule has 0 radical (unpaired) electrons. The molecule has 0 aliphatic carbocycles. The average molecular weight is 430 g/mol. The van der Waals surface area contributed by atoms with Gasteiger partial charge in [-0.15, -0.1) is 0 Å². The SMILES string of the molecule is CCc1cc(=O)oc2cc(OC(=O)[C@H](C)NC(=O)OCc3ccccc3)c(Cl)cc12. The molecular formula is C22H20ClNO6. The molecule has 7 nitrogen and oxygen atoms in total. The number of alkyl carbamates (subject to hydrolysis) is 1. The summed E-state index contributed by atoms with van der Waals surface area (Å²) in [6.07, 6.45) is -0.143. The van der Waals surface area contributed by atoms with Crippen molar-refractivity contribution >= 4 is 34.6 Å². The molecule has 3 rings (SSSR count). The number of rotatable bonds is 6. The van der Waals surface area contributed by atoms with Gasteiger partial charge in [-0.25, -0.2) is 14.4 Å². The van der Waals surface area contributed by atoms with Crippen molar-refractivity contribution in [1.82, 2.24) is 5.32 Å². The van der Waals surface area contributed by atoms with Crippen LogP contribution in [0.2, 0.25) is 5.02 Å². The van der Waals surface area contributed by atoms with E-state index in [0.29, 0.717) is 11.8 Å². The summed E-state index contributed by atoms with van der Waals surface area (Å²) >= 11 is 6.23. The van der Waals surface area contributed by atoms with Crippen LogP contribution in [-0.2, 0) is 22.6 Å². The first-order chi connectivity index (χ1) is 14.4. The lowest BCUT2D eigenvalue weighted by molar-refractivity contribution is -0.136. The van der Waals surface area contributed by atoms with Crippen LogP contribution in [0.15, 0.2) is 57.7 Å². The predicted octanol–water partition coefficient (Wildman–Crippen LogP) is 4.23. The van der Waals surface area contributed by atoms with Crippen LogP contribution >= 0.6 is 11.6 Å². The summed E-state index contributed by atoms with van der Waals surface area (Å²) in [7, 11) is 0. The summed E-state index contributed by atoms with van der Waals surface area (Å²) in [5.41, 5.74) is 1.35. The van der Waals surface area contributed by atoms with Gasteiger partial charge in [-0.05, 0) is 30.5 Å². The monoisotopic (exact) mass is 429 g/mol. The van der Waals surface area contributed by atoms with Crippen molar-refractivity contribution in [3.05, 3.63) is 75.1 Å². The van der Waals surface area contributed by atoms with Crippen molar-refractivity contribution in [1.29, 1.82) is 0 Å². The zero-order valence-electron chi connectivity index (χ0n) is 16.4. The Bertz CT molecular complexity index is 1130. The smallest absolute Gasteiger partial charge is 0.408 e. The third kappa shape index (κ3) is 5.18. The first-order valence-corrected chi connectivity index (χ1v) is 9.70. The molecule has 30 heavy (non-hydrogen) atoms. The molecule has 0 saturated carbocycles. The highest BCUT2D eigenvalue weighted by Crippen LogP contribution is 2.31. The van der Waals surface area contributed by atoms with Crippen molar-refractivity contribution in [2.24, 2.45) is 0 Å². The van der Waals surface area contributed by atoms with E-state index in [0.717, 1.165) is 11.1 Å². The number of carbonyl (C=O) groups is 2. The minimum atomic E-state index is -0.992. The van der Waals surface area contributed by atoms with Gasteiger partial charge in [0.15, 0.2) is 5.75 Å². The second-order valence-corrected chi connectivity index (χ2v) is 6.98. The van der Waals surface area contributed by atoms with Crippen LogP contribution < -0.4 is 15.7 Å². The fraction of sp³-hybridized carbons (Fsp3) is 0.227. The minimum Gasteiger partial charge on any atom is -0.445 e. The number of hydrogen-bond donors (Lipinski definition) is 1. The molecule has 1 N–H and O–H groups in total. The van der Waals surface area contributed by atoms with Gasteiger partial charge in [-0.1, -0.05) is 48.9 Å². The zero-order valence-corrected chi connectivity index (χ0v) is 17.2. The molecule has 156 valence electrons. The first-order valence-electron chi connectivity index (χ1n) is 9.32. The van der Waals surface area contributed by atoms with Crippen LogP contribution in [0.4, 0.5) is 4.79 Å². The molecule has 0 saturated heterocycles. The molecule has 0 bridgehead atoms. The quantitative estimate of drug-likeness (QED) is 0.358. The van der Waals surface area contributed by atoms with Gasteiger partial charge in [0.1, 0.15) is 18.2 Å². The van der Waals surface area contributed by atoms with E-state index in [1.54, 1.807) is 6.07 Å². The highest BCUT2D eigenvalue weighted by molar-refractivity contribution is 6.33. The van der Waals surface area contributed by atoms with E-state index in [9.17, 15) is 14.4 Å². The Hall–Kier alpha value is -3.32. The Morgan fingerprint density at radius 2 is 1.90 bits per heavy atom. The van der Waals surface area contributed by atoms with Gasteiger partial charge >= 0.3 is 17.7 Å². The molecule has 1 amide bonds. The number of halogens is 1. The van der Waals surface area contributed by atoms with E-state index in [4.69, 9.17) is 25.5 Å². The topological polar surface area (TPSA) is 94.8 Å². The molecule has 0 unspecified atom stereocenters. The maximum atomic E-state index is 12.4. The van der Waals surface area contributed by atoms with Crippen LogP contribution in [0.25, 0.3) is 11.0 Å². The molecule has 1 atom stereocenters. The van der Waals surface area contributed by atoms with Gasteiger partial charge in [0.25, 0.3) is 0 Å². The number of amides is 1. The molecule has 3 aromatic rings. The number of nitrogens with one attached hydrogen (secondary N) is 1.